The van der Waals surface area contributed by atoms with E-state index >= 15 is 0 Å². The van der Waals surface area contributed by atoms with Crippen molar-refractivity contribution in [3.05, 3.63) is 23.9 Å². The van der Waals surface area contributed by atoms with Gasteiger partial charge in [-0.05, 0) is 56.8 Å². The lowest BCUT2D eigenvalue weighted by Gasteiger charge is -2.45. The van der Waals surface area contributed by atoms with Crippen LogP contribution in [0.2, 0.25) is 0 Å². The molecule has 2 aliphatic rings. The second kappa shape index (κ2) is 4.88. The summed E-state index contributed by atoms with van der Waals surface area (Å²) in [6, 6.07) is 4.29. The molecule has 3 nitrogen and oxygen atoms in total. The lowest BCUT2D eigenvalue weighted by Crippen LogP contribution is -2.51. The van der Waals surface area contributed by atoms with Crippen LogP contribution in [0.3, 0.4) is 0 Å². The molecule has 1 atom stereocenters. The summed E-state index contributed by atoms with van der Waals surface area (Å²) in [5.41, 5.74) is 1.81. The minimum atomic E-state index is 0.502. The van der Waals surface area contributed by atoms with Gasteiger partial charge in [0.1, 0.15) is 5.82 Å². The summed E-state index contributed by atoms with van der Waals surface area (Å²) in [5, 5.41) is 3.58. The highest BCUT2D eigenvalue weighted by Crippen LogP contribution is 2.37. The van der Waals surface area contributed by atoms with Crippen LogP contribution in [-0.2, 0) is 0 Å². The molecule has 3 heterocycles. The van der Waals surface area contributed by atoms with Crippen LogP contribution in [0.25, 0.3) is 0 Å². The molecule has 0 aromatic carbocycles. The topological polar surface area (TPSA) is 28.2 Å². The van der Waals surface area contributed by atoms with Crippen molar-refractivity contribution in [3.8, 4) is 0 Å². The molecule has 1 unspecified atom stereocenters. The maximum absolute atomic E-state index is 4.55. The van der Waals surface area contributed by atoms with Gasteiger partial charge in [0.05, 0.1) is 0 Å². The van der Waals surface area contributed by atoms with E-state index < -0.39 is 0 Å². The number of aryl methyl sites for hydroxylation is 1. The van der Waals surface area contributed by atoms with E-state index in [-0.39, 0.29) is 0 Å². The van der Waals surface area contributed by atoms with E-state index in [9.17, 15) is 0 Å². The van der Waals surface area contributed by atoms with Gasteiger partial charge in [-0.2, -0.15) is 0 Å². The third-order valence-electron chi connectivity index (χ3n) is 4.45. The Morgan fingerprint density at radius 2 is 2.22 bits per heavy atom. The summed E-state index contributed by atoms with van der Waals surface area (Å²) >= 11 is 0. The smallest absolute Gasteiger partial charge is 0.128 e. The fraction of sp³-hybridized carbons (Fsp3) is 0.667. The highest BCUT2D eigenvalue weighted by atomic mass is 15.2. The molecule has 2 saturated heterocycles. The molecule has 1 N–H and O–H groups in total. The number of hydrogen-bond donors (Lipinski definition) is 1. The number of aromatic nitrogens is 1. The molecule has 2 aliphatic heterocycles. The van der Waals surface area contributed by atoms with Crippen molar-refractivity contribution in [1.29, 1.82) is 0 Å². The molecule has 0 saturated carbocycles. The number of piperidine rings is 2. The highest BCUT2D eigenvalue weighted by molar-refractivity contribution is 5.41. The van der Waals surface area contributed by atoms with Crippen molar-refractivity contribution >= 4 is 5.82 Å². The van der Waals surface area contributed by atoms with Gasteiger partial charge in [-0.25, -0.2) is 4.98 Å². The molecule has 98 valence electrons. The fourth-order valence-corrected chi connectivity index (χ4v) is 3.48. The van der Waals surface area contributed by atoms with Gasteiger partial charge in [0.15, 0.2) is 0 Å². The first-order chi connectivity index (χ1) is 8.77. The molecule has 1 spiro atoms. The van der Waals surface area contributed by atoms with Crippen molar-refractivity contribution < 1.29 is 0 Å². The second-order valence-corrected chi connectivity index (χ2v) is 6.00. The first-order valence-corrected chi connectivity index (χ1v) is 7.16. The lowest BCUT2D eigenvalue weighted by molar-refractivity contribution is 0.173. The third kappa shape index (κ3) is 2.37. The third-order valence-corrected chi connectivity index (χ3v) is 4.45. The van der Waals surface area contributed by atoms with Crippen LogP contribution in [0, 0.1) is 12.3 Å². The Balaban J connectivity index is 1.77. The number of hydrogen-bond acceptors (Lipinski definition) is 3. The average Bonchev–Trinajstić information content (AvgIpc) is 2.40. The Hall–Kier alpha value is -1.09. The van der Waals surface area contributed by atoms with E-state index in [4.69, 9.17) is 0 Å². The van der Waals surface area contributed by atoms with Crippen LogP contribution >= 0.6 is 0 Å². The van der Waals surface area contributed by atoms with Gasteiger partial charge in [-0.3, -0.25) is 0 Å². The molecule has 0 aliphatic carbocycles. The van der Waals surface area contributed by atoms with Crippen molar-refractivity contribution in [2.24, 2.45) is 5.41 Å². The van der Waals surface area contributed by atoms with E-state index in [0.29, 0.717) is 5.41 Å². The molecule has 0 amide bonds. The maximum Gasteiger partial charge on any atom is 0.128 e. The van der Waals surface area contributed by atoms with Gasteiger partial charge in [0, 0.05) is 31.2 Å². The zero-order valence-corrected chi connectivity index (χ0v) is 11.3. The van der Waals surface area contributed by atoms with Gasteiger partial charge < -0.3 is 10.2 Å². The number of pyridine rings is 1. The quantitative estimate of drug-likeness (QED) is 0.823. The van der Waals surface area contributed by atoms with Crippen molar-refractivity contribution in [2.45, 2.75) is 32.6 Å². The van der Waals surface area contributed by atoms with E-state index in [1.54, 1.807) is 0 Å². The Bertz CT molecular complexity index is 404. The van der Waals surface area contributed by atoms with Crippen LogP contribution in [0.15, 0.2) is 18.3 Å². The van der Waals surface area contributed by atoms with Gasteiger partial charge in [0.2, 0.25) is 0 Å². The maximum atomic E-state index is 4.55. The monoisotopic (exact) mass is 245 g/mol. The molecule has 3 rings (SSSR count). The Morgan fingerprint density at radius 1 is 1.33 bits per heavy atom. The Morgan fingerprint density at radius 3 is 3.00 bits per heavy atom. The van der Waals surface area contributed by atoms with Crippen LogP contribution in [0.4, 0.5) is 5.82 Å². The molecule has 1 aromatic heterocycles. The van der Waals surface area contributed by atoms with Crippen molar-refractivity contribution in [2.75, 3.05) is 31.1 Å². The van der Waals surface area contributed by atoms with Gasteiger partial charge >= 0.3 is 0 Å². The standard InChI is InChI=1S/C15H23N3/c1-13-4-8-17-14(10-13)18-9-3-6-15(12-18)5-2-7-16-11-15/h4,8,10,16H,2-3,5-7,9,11-12H2,1H3. The molecule has 3 heteroatoms. The van der Waals surface area contributed by atoms with Crippen LogP contribution in [-0.4, -0.2) is 31.2 Å². The van der Waals surface area contributed by atoms with E-state index in [1.165, 1.54) is 56.7 Å². The van der Waals surface area contributed by atoms with Crippen LogP contribution in [0.5, 0.6) is 0 Å². The predicted octanol–water partition coefficient (Wildman–Crippen LogP) is 2.36. The average molecular weight is 245 g/mol. The summed E-state index contributed by atoms with van der Waals surface area (Å²) < 4.78 is 0. The molecule has 0 radical (unpaired) electrons. The zero-order valence-electron chi connectivity index (χ0n) is 11.3. The first-order valence-electron chi connectivity index (χ1n) is 7.16. The minimum Gasteiger partial charge on any atom is -0.356 e. The largest absolute Gasteiger partial charge is 0.356 e. The molecular formula is C15H23N3. The fourth-order valence-electron chi connectivity index (χ4n) is 3.48. The second-order valence-electron chi connectivity index (χ2n) is 6.00. The molecular weight excluding hydrogens is 222 g/mol. The van der Waals surface area contributed by atoms with E-state index in [1.807, 2.05) is 6.20 Å². The summed E-state index contributed by atoms with van der Waals surface area (Å²) in [5.74, 6) is 1.17. The van der Waals surface area contributed by atoms with E-state index in [2.05, 4.69) is 34.3 Å². The van der Waals surface area contributed by atoms with Gasteiger partial charge in [0.25, 0.3) is 0 Å². The lowest BCUT2D eigenvalue weighted by atomic mass is 9.74. The number of rotatable bonds is 1. The zero-order chi connectivity index (χ0) is 12.4. The summed E-state index contributed by atoms with van der Waals surface area (Å²) in [6.07, 6.45) is 7.32. The molecule has 18 heavy (non-hydrogen) atoms. The number of nitrogens with one attached hydrogen (secondary N) is 1. The van der Waals surface area contributed by atoms with Crippen molar-refractivity contribution in [1.82, 2.24) is 10.3 Å². The van der Waals surface area contributed by atoms with E-state index in [0.717, 1.165) is 6.54 Å². The summed E-state index contributed by atoms with van der Waals surface area (Å²) in [7, 11) is 0. The normalized spacial score (nSPS) is 28.6. The Labute approximate surface area is 110 Å². The van der Waals surface area contributed by atoms with Gasteiger partial charge in [-0.15, -0.1) is 0 Å². The number of nitrogens with zero attached hydrogens (tertiary/aromatic N) is 2. The molecule has 1 aromatic rings. The molecule has 0 bridgehead atoms. The summed E-state index contributed by atoms with van der Waals surface area (Å²) in [6.45, 7) is 6.88. The predicted molar refractivity (Wildman–Crippen MR) is 75.0 cm³/mol. The molecule has 2 fully saturated rings. The highest BCUT2D eigenvalue weighted by Gasteiger charge is 2.36. The summed E-state index contributed by atoms with van der Waals surface area (Å²) in [4.78, 5) is 7.04. The van der Waals surface area contributed by atoms with Crippen molar-refractivity contribution in [3.63, 3.8) is 0 Å². The minimum absolute atomic E-state index is 0.502. The first kappa shape index (κ1) is 12.0. The number of anilines is 1. The Kier molecular flexibility index (Phi) is 3.25. The van der Waals surface area contributed by atoms with Gasteiger partial charge in [-0.1, -0.05) is 0 Å². The van der Waals surface area contributed by atoms with Crippen LogP contribution in [0.1, 0.15) is 31.2 Å². The van der Waals surface area contributed by atoms with Crippen LogP contribution < -0.4 is 10.2 Å². The SMILES string of the molecule is Cc1ccnc(N2CCCC3(CCCNC3)C2)c1.